The molecule has 6 heteroatoms. The lowest BCUT2D eigenvalue weighted by molar-refractivity contribution is -0.129. The maximum absolute atomic E-state index is 14.1. The highest BCUT2D eigenvalue weighted by molar-refractivity contribution is 6.11. The van der Waals surface area contributed by atoms with Crippen molar-refractivity contribution in [2.45, 2.75) is 77.3 Å². The standard InChI is InChI=1S/C27H33N3O3/c1-18-10-12-21(13-11-18)30(25(32)22-14-15-23(31)28-22)27(16-5-4-6-17-27)26(33)29-24-19(2)8-7-9-20(24)3/h7-13,22H,4-6,14-17H2,1-3H3,(H,28,31)(H,29,33). The zero-order valence-corrected chi connectivity index (χ0v) is 19.7. The predicted molar refractivity (Wildman–Crippen MR) is 130 cm³/mol. The summed E-state index contributed by atoms with van der Waals surface area (Å²) in [5, 5.41) is 6.00. The van der Waals surface area contributed by atoms with Crippen LogP contribution in [0.3, 0.4) is 0 Å². The number of anilines is 2. The Hall–Kier alpha value is -3.15. The van der Waals surface area contributed by atoms with Crippen LogP contribution in [0.15, 0.2) is 42.5 Å². The summed E-state index contributed by atoms with van der Waals surface area (Å²) >= 11 is 0. The average Bonchev–Trinajstić information content (AvgIpc) is 3.24. The van der Waals surface area contributed by atoms with Crippen molar-refractivity contribution in [3.05, 3.63) is 59.2 Å². The monoisotopic (exact) mass is 447 g/mol. The van der Waals surface area contributed by atoms with Crippen LogP contribution < -0.4 is 15.5 Å². The summed E-state index contributed by atoms with van der Waals surface area (Å²) in [6, 6.07) is 13.1. The van der Waals surface area contributed by atoms with Gasteiger partial charge in [-0.3, -0.25) is 19.3 Å². The molecule has 1 atom stereocenters. The maximum atomic E-state index is 14.1. The first-order valence-corrected chi connectivity index (χ1v) is 11.9. The molecule has 174 valence electrons. The largest absolute Gasteiger partial charge is 0.344 e. The Balaban J connectivity index is 1.78. The van der Waals surface area contributed by atoms with Gasteiger partial charge in [-0.25, -0.2) is 0 Å². The van der Waals surface area contributed by atoms with E-state index in [2.05, 4.69) is 10.6 Å². The van der Waals surface area contributed by atoms with Crippen LogP contribution in [0, 0.1) is 20.8 Å². The highest BCUT2D eigenvalue weighted by atomic mass is 16.2. The van der Waals surface area contributed by atoms with Crippen molar-refractivity contribution >= 4 is 29.1 Å². The third-order valence-electron chi connectivity index (χ3n) is 7.06. The zero-order chi connectivity index (χ0) is 23.6. The van der Waals surface area contributed by atoms with Crippen LogP contribution in [0.2, 0.25) is 0 Å². The van der Waals surface area contributed by atoms with Crippen LogP contribution in [0.25, 0.3) is 0 Å². The van der Waals surface area contributed by atoms with Gasteiger partial charge in [0.2, 0.25) is 5.91 Å². The molecule has 1 unspecified atom stereocenters. The molecular weight excluding hydrogens is 414 g/mol. The summed E-state index contributed by atoms with van der Waals surface area (Å²) in [7, 11) is 0. The van der Waals surface area contributed by atoms with Gasteiger partial charge in [-0.15, -0.1) is 0 Å². The molecule has 1 heterocycles. The molecule has 0 bridgehead atoms. The minimum absolute atomic E-state index is 0.116. The van der Waals surface area contributed by atoms with Crippen LogP contribution in [0.1, 0.15) is 61.6 Å². The molecule has 2 fully saturated rings. The molecule has 2 aromatic carbocycles. The van der Waals surface area contributed by atoms with Gasteiger partial charge in [-0.2, -0.15) is 0 Å². The summed E-state index contributed by atoms with van der Waals surface area (Å²) in [5.74, 6) is -0.476. The van der Waals surface area contributed by atoms with Crippen molar-refractivity contribution in [3.63, 3.8) is 0 Å². The van der Waals surface area contributed by atoms with E-state index >= 15 is 0 Å². The summed E-state index contributed by atoms with van der Waals surface area (Å²) in [6.07, 6.45) is 4.73. The Bertz CT molecular complexity index is 1030. The fraction of sp³-hybridized carbons (Fsp3) is 0.444. The number of carbonyl (C=O) groups is 3. The first-order chi connectivity index (χ1) is 15.8. The zero-order valence-electron chi connectivity index (χ0n) is 19.7. The van der Waals surface area contributed by atoms with E-state index in [0.29, 0.717) is 31.4 Å². The summed E-state index contributed by atoms with van der Waals surface area (Å²) in [4.78, 5) is 41.6. The van der Waals surface area contributed by atoms with E-state index in [-0.39, 0.29) is 17.7 Å². The van der Waals surface area contributed by atoms with Crippen molar-refractivity contribution in [1.29, 1.82) is 0 Å². The molecule has 0 spiro atoms. The molecule has 1 saturated carbocycles. The number of amides is 3. The van der Waals surface area contributed by atoms with Crippen LogP contribution >= 0.6 is 0 Å². The number of nitrogens with one attached hydrogen (secondary N) is 2. The van der Waals surface area contributed by atoms with Crippen molar-refractivity contribution in [2.24, 2.45) is 0 Å². The van der Waals surface area contributed by atoms with Crippen molar-refractivity contribution in [1.82, 2.24) is 5.32 Å². The first-order valence-electron chi connectivity index (χ1n) is 11.9. The van der Waals surface area contributed by atoms with Gasteiger partial charge >= 0.3 is 0 Å². The lowest BCUT2D eigenvalue weighted by atomic mass is 9.78. The fourth-order valence-corrected chi connectivity index (χ4v) is 5.16. The normalized spacial score (nSPS) is 19.6. The van der Waals surface area contributed by atoms with E-state index < -0.39 is 11.6 Å². The Morgan fingerprint density at radius 2 is 1.61 bits per heavy atom. The molecule has 1 saturated heterocycles. The molecule has 2 N–H and O–H groups in total. The van der Waals surface area contributed by atoms with Crippen LogP contribution in [0.4, 0.5) is 11.4 Å². The van der Waals surface area contributed by atoms with Crippen LogP contribution in [-0.4, -0.2) is 29.3 Å². The van der Waals surface area contributed by atoms with E-state index in [4.69, 9.17) is 0 Å². The van der Waals surface area contributed by atoms with Crippen molar-refractivity contribution < 1.29 is 14.4 Å². The minimum atomic E-state index is -1.01. The number of rotatable bonds is 5. The number of aryl methyl sites for hydroxylation is 3. The van der Waals surface area contributed by atoms with E-state index in [9.17, 15) is 14.4 Å². The lowest BCUT2D eigenvalue weighted by Gasteiger charge is -2.46. The van der Waals surface area contributed by atoms with Gasteiger partial charge in [-0.1, -0.05) is 55.2 Å². The molecule has 1 aliphatic carbocycles. The number of nitrogens with zero attached hydrogens (tertiary/aromatic N) is 1. The van der Waals surface area contributed by atoms with Crippen LogP contribution in [-0.2, 0) is 14.4 Å². The molecule has 3 amide bonds. The topological polar surface area (TPSA) is 78.5 Å². The number of benzene rings is 2. The summed E-state index contributed by atoms with van der Waals surface area (Å²) < 4.78 is 0. The lowest BCUT2D eigenvalue weighted by Crippen LogP contribution is -2.63. The predicted octanol–water partition coefficient (Wildman–Crippen LogP) is 4.57. The number of carbonyl (C=O) groups excluding carboxylic acids is 3. The SMILES string of the molecule is Cc1ccc(N(C(=O)C2CCC(=O)N2)C2(C(=O)Nc3c(C)cccc3C)CCCCC2)cc1. The summed E-state index contributed by atoms with van der Waals surface area (Å²) in [5.41, 5.74) is 3.56. The highest BCUT2D eigenvalue weighted by Gasteiger charge is 2.50. The molecule has 2 aliphatic rings. The highest BCUT2D eigenvalue weighted by Crippen LogP contribution is 2.39. The van der Waals surface area contributed by atoms with Crippen molar-refractivity contribution in [2.75, 3.05) is 10.2 Å². The Morgan fingerprint density at radius 1 is 0.970 bits per heavy atom. The molecule has 0 aromatic heterocycles. The molecule has 6 nitrogen and oxygen atoms in total. The van der Waals surface area contributed by atoms with Gasteiger partial charge in [0, 0.05) is 17.8 Å². The van der Waals surface area contributed by atoms with Gasteiger partial charge in [0.1, 0.15) is 11.6 Å². The smallest absolute Gasteiger partial charge is 0.250 e. The first kappa shape index (κ1) is 23.0. The van der Waals surface area contributed by atoms with E-state index in [1.807, 2.05) is 63.2 Å². The van der Waals surface area contributed by atoms with Gasteiger partial charge in [0.25, 0.3) is 11.8 Å². The fourth-order valence-electron chi connectivity index (χ4n) is 5.16. The van der Waals surface area contributed by atoms with Gasteiger partial charge < -0.3 is 10.6 Å². The third-order valence-corrected chi connectivity index (χ3v) is 7.06. The number of hydrogen-bond acceptors (Lipinski definition) is 3. The third kappa shape index (κ3) is 4.52. The molecule has 0 radical (unpaired) electrons. The Morgan fingerprint density at radius 3 is 2.18 bits per heavy atom. The number of para-hydroxylation sites is 1. The average molecular weight is 448 g/mol. The van der Waals surface area contributed by atoms with E-state index in [1.54, 1.807) is 4.90 Å². The molecule has 2 aromatic rings. The van der Waals surface area contributed by atoms with Crippen LogP contribution in [0.5, 0.6) is 0 Å². The minimum Gasteiger partial charge on any atom is -0.344 e. The molecule has 4 rings (SSSR count). The summed E-state index contributed by atoms with van der Waals surface area (Å²) in [6.45, 7) is 5.96. The quantitative estimate of drug-likeness (QED) is 0.705. The molecule has 33 heavy (non-hydrogen) atoms. The van der Waals surface area contributed by atoms with Gasteiger partial charge in [0.05, 0.1) is 0 Å². The Labute approximate surface area is 195 Å². The second kappa shape index (κ2) is 9.38. The van der Waals surface area contributed by atoms with E-state index in [1.165, 1.54) is 0 Å². The van der Waals surface area contributed by atoms with Gasteiger partial charge in [0.15, 0.2) is 0 Å². The second-order valence-corrected chi connectivity index (χ2v) is 9.48. The Kier molecular flexibility index (Phi) is 6.54. The molecule has 1 aliphatic heterocycles. The van der Waals surface area contributed by atoms with E-state index in [0.717, 1.165) is 41.6 Å². The van der Waals surface area contributed by atoms with Crippen molar-refractivity contribution in [3.8, 4) is 0 Å². The number of hydrogen-bond donors (Lipinski definition) is 2. The molecular formula is C27H33N3O3. The van der Waals surface area contributed by atoms with Gasteiger partial charge in [-0.05, 0) is 63.3 Å². The maximum Gasteiger partial charge on any atom is 0.250 e. The second-order valence-electron chi connectivity index (χ2n) is 9.48.